The molecule has 0 amide bonds. The number of alkyl halides is 2. The molecule has 3 fully saturated rings. The molecule has 3 aliphatic rings. The zero-order valence-corrected chi connectivity index (χ0v) is 14.0. The highest BCUT2D eigenvalue weighted by Crippen LogP contribution is 2.44. The Morgan fingerprint density at radius 1 is 1.18 bits per heavy atom. The first kappa shape index (κ1) is 15.0. The third kappa shape index (κ3) is 2.93. The van der Waals surface area contributed by atoms with Crippen molar-refractivity contribution in [3.05, 3.63) is 28.5 Å². The highest BCUT2D eigenvalue weighted by Gasteiger charge is 2.49. The minimum atomic E-state index is -2.39. The van der Waals surface area contributed by atoms with Gasteiger partial charge in [-0.3, -0.25) is 14.8 Å². The monoisotopic (exact) mass is 371 g/mol. The van der Waals surface area contributed by atoms with Crippen molar-refractivity contribution in [2.45, 2.75) is 43.8 Å². The topological polar surface area (TPSA) is 19.4 Å². The number of hydrogen-bond donors (Lipinski definition) is 0. The fourth-order valence-corrected chi connectivity index (χ4v) is 4.44. The summed E-state index contributed by atoms with van der Waals surface area (Å²) in [6, 6.07) is 5.20. The number of rotatable bonds is 4. The molecular formula is C16H20BrF2N3. The normalized spacial score (nSPS) is 31.6. The van der Waals surface area contributed by atoms with E-state index in [1.165, 1.54) is 6.42 Å². The molecule has 6 heteroatoms. The van der Waals surface area contributed by atoms with Gasteiger partial charge in [0.05, 0.1) is 5.69 Å². The van der Waals surface area contributed by atoms with Crippen LogP contribution in [0.2, 0.25) is 0 Å². The average Bonchev–Trinajstić information content (AvgIpc) is 2.99. The summed E-state index contributed by atoms with van der Waals surface area (Å²) < 4.78 is 26.9. The fourth-order valence-electron chi connectivity index (χ4n) is 4.20. The molecule has 22 heavy (non-hydrogen) atoms. The van der Waals surface area contributed by atoms with Crippen LogP contribution < -0.4 is 0 Å². The number of piperazine rings is 1. The van der Waals surface area contributed by atoms with Crippen LogP contribution in [-0.4, -0.2) is 52.4 Å². The van der Waals surface area contributed by atoms with Gasteiger partial charge in [-0.1, -0.05) is 0 Å². The summed E-state index contributed by atoms with van der Waals surface area (Å²) >= 11 is 3.41. The molecule has 2 saturated heterocycles. The zero-order valence-electron chi connectivity index (χ0n) is 12.4. The number of aromatic nitrogens is 1. The van der Waals surface area contributed by atoms with Crippen LogP contribution in [0, 0.1) is 5.92 Å². The molecule has 1 aromatic heterocycles. The summed E-state index contributed by atoms with van der Waals surface area (Å²) in [5.74, 6) is -2.18. The highest BCUT2D eigenvalue weighted by molar-refractivity contribution is 9.10. The van der Waals surface area contributed by atoms with Crippen molar-refractivity contribution in [1.29, 1.82) is 0 Å². The van der Waals surface area contributed by atoms with Gasteiger partial charge in [0.1, 0.15) is 0 Å². The van der Waals surface area contributed by atoms with Crippen molar-refractivity contribution in [2.75, 3.05) is 19.6 Å². The lowest BCUT2D eigenvalue weighted by atomic mass is 9.81. The molecule has 2 bridgehead atoms. The van der Waals surface area contributed by atoms with E-state index < -0.39 is 5.92 Å². The molecule has 120 valence electrons. The summed E-state index contributed by atoms with van der Waals surface area (Å²) in [4.78, 5) is 9.38. The van der Waals surface area contributed by atoms with Crippen molar-refractivity contribution in [3.63, 3.8) is 0 Å². The van der Waals surface area contributed by atoms with E-state index in [1.807, 2.05) is 12.3 Å². The maximum atomic E-state index is 12.9. The predicted octanol–water partition coefficient (Wildman–Crippen LogP) is 3.15. The Labute approximate surface area is 137 Å². The molecule has 1 aromatic rings. The maximum absolute atomic E-state index is 12.9. The first-order valence-electron chi connectivity index (χ1n) is 7.95. The molecule has 2 aliphatic heterocycles. The Bertz CT molecular complexity index is 543. The molecule has 3 heterocycles. The number of likely N-dealkylation sites (tertiary alicyclic amines) is 2. The Morgan fingerprint density at radius 3 is 2.50 bits per heavy atom. The van der Waals surface area contributed by atoms with Gasteiger partial charge in [0, 0.05) is 61.8 Å². The van der Waals surface area contributed by atoms with Gasteiger partial charge in [0.25, 0.3) is 0 Å². The molecule has 0 radical (unpaired) electrons. The summed E-state index contributed by atoms with van der Waals surface area (Å²) in [6.45, 7) is 3.83. The Morgan fingerprint density at radius 2 is 1.91 bits per heavy atom. The number of fused-ring (bicyclic) bond motifs is 2. The van der Waals surface area contributed by atoms with E-state index in [1.54, 1.807) is 0 Å². The van der Waals surface area contributed by atoms with Gasteiger partial charge in [0.2, 0.25) is 5.92 Å². The van der Waals surface area contributed by atoms with E-state index in [0.717, 1.165) is 36.3 Å². The SMILES string of the molecule is FC1(F)CC(CN2CC3CC2CN3Cc2ccc(Br)cn2)C1. The molecular weight excluding hydrogens is 352 g/mol. The molecule has 3 nitrogen and oxygen atoms in total. The van der Waals surface area contributed by atoms with Gasteiger partial charge >= 0.3 is 0 Å². The molecule has 4 rings (SSSR count). The fraction of sp³-hybridized carbons (Fsp3) is 0.688. The van der Waals surface area contributed by atoms with E-state index in [4.69, 9.17) is 0 Å². The maximum Gasteiger partial charge on any atom is 0.248 e. The van der Waals surface area contributed by atoms with E-state index in [9.17, 15) is 8.78 Å². The van der Waals surface area contributed by atoms with E-state index >= 15 is 0 Å². The van der Waals surface area contributed by atoms with Crippen molar-refractivity contribution in [3.8, 4) is 0 Å². The van der Waals surface area contributed by atoms with Crippen LogP contribution in [0.4, 0.5) is 8.78 Å². The van der Waals surface area contributed by atoms with Crippen molar-refractivity contribution in [1.82, 2.24) is 14.8 Å². The van der Waals surface area contributed by atoms with Gasteiger partial charge in [-0.05, 0) is 40.4 Å². The minimum absolute atomic E-state index is 0.0907. The predicted molar refractivity (Wildman–Crippen MR) is 83.8 cm³/mol. The lowest BCUT2D eigenvalue weighted by Crippen LogP contribution is -2.50. The molecule has 2 atom stereocenters. The van der Waals surface area contributed by atoms with Gasteiger partial charge in [-0.2, -0.15) is 0 Å². The molecule has 0 spiro atoms. The third-order valence-corrected chi connectivity index (χ3v) is 5.76. The molecule has 2 unspecified atom stereocenters. The second-order valence-corrected chi connectivity index (χ2v) is 7.94. The smallest absolute Gasteiger partial charge is 0.248 e. The van der Waals surface area contributed by atoms with Gasteiger partial charge < -0.3 is 0 Å². The van der Waals surface area contributed by atoms with Crippen molar-refractivity contribution >= 4 is 15.9 Å². The lowest BCUT2D eigenvalue weighted by molar-refractivity contribution is -0.118. The quantitative estimate of drug-likeness (QED) is 0.810. The van der Waals surface area contributed by atoms with Crippen LogP contribution in [0.15, 0.2) is 22.8 Å². The molecule has 0 N–H and O–H groups in total. The van der Waals surface area contributed by atoms with Crippen LogP contribution in [0.5, 0.6) is 0 Å². The lowest BCUT2D eigenvalue weighted by Gasteiger charge is -2.41. The molecule has 0 aromatic carbocycles. The largest absolute Gasteiger partial charge is 0.297 e. The van der Waals surface area contributed by atoms with Crippen LogP contribution in [0.3, 0.4) is 0 Å². The first-order chi connectivity index (χ1) is 10.5. The Balaban J connectivity index is 1.29. The van der Waals surface area contributed by atoms with E-state index in [-0.39, 0.29) is 18.8 Å². The summed E-state index contributed by atoms with van der Waals surface area (Å²) in [5, 5.41) is 0. The molecule has 1 aliphatic carbocycles. The number of nitrogens with zero attached hydrogens (tertiary/aromatic N) is 3. The van der Waals surface area contributed by atoms with Gasteiger partial charge in [0.15, 0.2) is 0 Å². The summed E-state index contributed by atoms with van der Waals surface area (Å²) in [7, 11) is 0. The van der Waals surface area contributed by atoms with E-state index in [2.05, 4.69) is 36.8 Å². The van der Waals surface area contributed by atoms with Crippen LogP contribution >= 0.6 is 15.9 Å². The number of halogens is 3. The number of pyridine rings is 1. The number of hydrogen-bond acceptors (Lipinski definition) is 3. The van der Waals surface area contributed by atoms with E-state index in [0.29, 0.717) is 12.1 Å². The minimum Gasteiger partial charge on any atom is -0.297 e. The van der Waals surface area contributed by atoms with Crippen LogP contribution in [0.25, 0.3) is 0 Å². The second-order valence-electron chi connectivity index (χ2n) is 7.02. The average molecular weight is 372 g/mol. The zero-order chi connectivity index (χ0) is 15.3. The Hall–Kier alpha value is -0.590. The standard InChI is InChI=1S/C16H20BrF2N3/c17-12-1-2-13(20-6-12)8-22-10-14-3-15(22)9-21(14)7-11-4-16(18,19)5-11/h1-2,6,11,14-15H,3-5,7-10H2. The van der Waals surface area contributed by atoms with Gasteiger partial charge in [-0.15, -0.1) is 0 Å². The summed E-state index contributed by atoms with van der Waals surface area (Å²) in [6.07, 6.45) is 3.20. The second kappa shape index (κ2) is 5.49. The Kier molecular flexibility index (Phi) is 3.74. The summed E-state index contributed by atoms with van der Waals surface area (Å²) in [5.41, 5.74) is 1.10. The third-order valence-electron chi connectivity index (χ3n) is 5.29. The van der Waals surface area contributed by atoms with Crippen LogP contribution in [-0.2, 0) is 6.54 Å². The van der Waals surface area contributed by atoms with Crippen molar-refractivity contribution in [2.24, 2.45) is 5.92 Å². The molecule has 1 saturated carbocycles. The first-order valence-corrected chi connectivity index (χ1v) is 8.74. The van der Waals surface area contributed by atoms with Crippen molar-refractivity contribution < 1.29 is 8.78 Å². The van der Waals surface area contributed by atoms with Crippen LogP contribution in [0.1, 0.15) is 25.0 Å². The highest BCUT2D eigenvalue weighted by atomic mass is 79.9. The van der Waals surface area contributed by atoms with Gasteiger partial charge in [-0.25, -0.2) is 8.78 Å².